The number of nitrogens with two attached hydrogens (primary N) is 1. The zero-order valence-electron chi connectivity index (χ0n) is 13.1. The Balaban J connectivity index is 2.05. The summed E-state index contributed by atoms with van der Waals surface area (Å²) in [6, 6.07) is 5.21. The van der Waals surface area contributed by atoms with E-state index in [2.05, 4.69) is 11.9 Å². The molecule has 1 atom stereocenters. The van der Waals surface area contributed by atoms with Crippen LogP contribution in [0.5, 0.6) is 5.75 Å². The van der Waals surface area contributed by atoms with Gasteiger partial charge in [-0.3, -0.25) is 4.90 Å². The lowest BCUT2D eigenvalue weighted by atomic mass is 9.88. The SMILES string of the molecule is COc1ccc(C(CN)N(C)CC2CCCCC2)cc1F. The van der Waals surface area contributed by atoms with Gasteiger partial charge in [-0.25, -0.2) is 4.39 Å². The summed E-state index contributed by atoms with van der Waals surface area (Å²) in [4.78, 5) is 2.28. The van der Waals surface area contributed by atoms with Crippen LogP contribution in [0.3, 0.4) is 0 Å². The predicted molar refractivity (Wildman–Crippen MR) is 84.0 cm³/mol. The maximum absolute atomic E-state index is 13.9. The number of hydrogen-bond acceptors (Lipinski definition) is 3. The fraction of sp³-hybridized carbons (Fsp3) is 0.647. The van der Waals surface area contributed by atoms with E-state index in [0.29, 0.717) is 6.54 Å². The van der Waals surface area contributed by atoms with Crippen LogP contribution >= 0.6 is 0 Å². The Morgan fingerprint density at radius 2 is 2.05 bits per heavy atom. The van der Waals surface area contributed by atoms with Crippen molar-refractivity contribution in [3.05, 3.63) is 29.6 Å². The smallest absolute Gasteiger partial charge is 0.165 e. The Hall–Kier alpha value is -1.13. The van der Waals surface area contributed by atoms with Crippen LogP contribution in [0.2, 0.25) is 0 Å². The third-order valence-electron chi connectivity index (χ3n) is 4.59. The second-order valence-electron chi connectivity index (χ2n) is 6.09. The van der Waals surface area contributed by atoms with Crippen molar-refractivity contribution in [3.8, 4) is 5.75 Å². The molecule has 1 aromatic carbocycles. The molecule has 0 radical (unpaired) electrons. The second-order valence-corrected chi connectivity index (χ2v) is 6.09. The largest absolute Gasteiger partial charge is 0.494 e. The van der Waals surface area contributed by atoms with Gasteiger partial charge in [0.2, 0.25) is 0 Å². The van der Waals surface area contributed by atoms with Crippen molar-refractivity contribution in [2.24, 2.45) is 11.7 Å². The van der Waals surface area contributed by atoms with Crippen LogP contribution < -0.4 is 10.5 Å². The lowest BCUT2D eigenvalue weighted by molar-refractivity contribution is 0.185. The number of rotatable bonds is 6. The number of methoxy groups -OCH3 is 1. The van der Waals surface area contributed by atoms with E-state index in [0.717, 1.165) is 18.0 Å². The summed E-state index contributed by atoms with van der Waals surface area (Å²) >= 11 is 0. The highest BCUT2D eigenvalue weighted by Crippen LogP contribution is 2.28. The molecule has 1 aliphatic carbocycles. The van der Waals surface area contributed by atoms with Gasteiger partial charge in [-0.1, -0.05) is 25.3 Å². The summed E-state index contributed by atoms with van der Waals surface area (Å²) in [5, 5.41) is 0. The zero-order chi connectivity index (χ0) is 15.2. The lowest BCUT2D eigenvalue weighted by Crippen LogP contribution is -2.35. The first kappa shape index (κ1) is 16.2. The fourth-order valence-electron chi connectivity index (χ4n) is 3.36. The van der Waals surface area contributed by atoms with Crippen molar-refractivity contribution in [3.63, 3.8) is 0 Å². The zero-order valence-corrected chi connectivity index (χ0v) is 13.1. The van der Waals surface area contributed by atoms with Gasteiger partial charge in [-0.15, -0.1) is 0 Å². The quantitative estimate of drug-likeness (QED) is 0.874. The molecule has 0 heterocycles. The highest BCUT2D eigenvalue weighted by Gasteiger charge is 2.21. The summed E-state index contributed by atoms with van der Waals surface area (Å²) in [5.41, 5.74) is 6.86. The average Bonchev–Trinajstić information content (AvgIpc) is 2.49. The van der Waals surface area contributed by atoms with Crippen molar-refractivity contribution in [2.75, 3.05) is 27.2 Å². The molecule has 2 N–H and O–H groups in total. The van der Waals surface area contributed by atoms with E-state index in [1.165, 1.54) is 39.2 Å². The molecule has 1 aliphatic rings. The highest BCUT2D eigenvalue weighted by molar-refractivity contribution is 5.31. The molecule has 0 spiro atoms. The van der Waals surface area contributed by atoms with Gasteiger partial charge in [0.05, 0.1) is 7.11 Å². The topological polar surface area (TPSA) is 38.5 Å². The summed E-state index contributed by atoms with van der Waals surface area (Å²) in [7, 11) is 3.57. The molecule has 4 heteroatoms. The third-order valence-corrected chi connectivity index (χ3v) is 4.59. The van der Waals surface area contributed by atoms with Gasteiger partial charge in [0.1, 0.15) is 0 Å². The van der Waals surface area contributed by atoms with Crippen molar-refractivity contribution >= 4 is 0 Å². The molecule has 1 unspecified atom stereocenters. The van der Waals surface area contributed by atoms with E-state index in [1.54, 1.807) is 12.1 Å². The minimum absolute atomic E-state index is 0.0623. The third kappa shape index (κ3) is 4.17. The van der Waals surface area contributed by atoms with E-state index in [-0.39, 0.29) is 17.6 Å². The number of halogens is 1. The molecular formula is C17H27FN2O. The number of likely N-dealkylation sites (N-methyl/N-ethyl adjacent to an activating group) is 1. The summed E-state index contributed by atoms with van der Waals surface area (Å²) < 4.78 is 18.9. The Morgan fingerprint density at radius 3 is 2.62 bits per heavy atom. The minimum atomic E-state index is -0.320. The number of benzene rings is 1. The molecular weight excluding hydrogens is 267 g/mol. The molecule has 0 bridgehead atoms. The van der Waals surface area contributed by atoms with Gasteiger partial charge in [0.25, 0.3) is 0 Å². The van der Waals surface area contributed by atoms with Crippen LogP contribution in [0.1, 0.15) is 43.7 Å². The first-order chi connectivity index (χ1) is 10.2. The predicted octanol–water partition coefficient (Wildman–Crippen LogP) is 3.35. The summed E-state index contributed by atoms with van der Waals surface area (Å²) in [6.45, 7) is 1.53. The molecule has 118 valence electrons. The first-order valence-electron chi connectivity index (χ1n) is 7.89. The molecule has 0 aliphatic heterocycles. The molecule has 1 fully saturated rings. The standard InChI is InChI=1S/C17H27FN2O/c1-20(12-13-6-4-3-5-7-13)16(11-19)14-8-9-17(21-2)15(18)10-14/h8-10,13,16H,3-7,11-12,19H2,1-2H3. The van der Waals surface area contributed by atoms with E-state index in [9.17, 15) is 4.39 Å². The Bertz CT molecular complexity index is 446. The van der Waals surface area contributed by atoms with E-state index >= 15 is 0 Å². The molecule has 1 saturated carbocycles. The van der Waals surface area contributed by atoms with Crippen LogP contribution in [-0.2, 0) is 0 Å². The normalized spacial score (nSPS) is 18.0. The van der Waals surface area contributed by atoms with E-state index < -0.39 is 0 Å². The van der Waals surface area contributed by atoms with Crippen LogP contribution in [0.4, 0.5) is 4.39 Å². The second kappa shape index (κ2) is 7.76. The van der Waals surface area contributed by atoms with Gasteiger partial charge in [0, 0.05) is 19.1 Å². The Morgan fingerprint density at radius 1 is 1.33 bits per heavy atom. The van der Waals surface area contributed by atoms with E-state index in [1.807, 2.05) is 6.07 Å². The van der Waals surface area contributed by atoms with Crippen molar-refractivity contribution in [2.45, 2.75) is 38.1 Å². The monoisotopic (exact) mass is 294 g/mol. The number of hydrogen-bond donors (Lipinski definition) is 1. The average molecular weight is 294 g/mol. The molecule has 21 heavy (non-hydrogen) atoms. The van der Waals surface area contributed by atoms with Crippen molar-refractivity contribution in [1.82, 2.24) is 4.90 Å². The molecule has 2 rings (SSSR count). The maximum Gasteiger partial charge on any atom is 0.165 e. The highest BCUT2D eigenvalue weighted by atomic mass is 19.1. The van der Waals surface area contributed by atoms with Crippen molar-refractivity contribution < 1.29 is 9.13 Å². The van der Waals surface area contributed by atoms with Crippen molar-refractivity contribution in [1.29, 1.82) is 0 Å². The van der Waals surface area contributed by atoms with Crippen LogP contribution in [0, 0.1) is 11.7 Å². The Labute approximate surface area is 127 Å². The van der Waals surface area contributed by atoms with Gasteiger partial charge in [0.15, 0.2) is 11.6 Å². The number of ether oxygens (including phenoxy) is 1. The van der Waals surface area contributed by atoms with Crippen LogP contribution in [-0.4, -0.2) is 32.1 Å². The summed E-state index contributed by atoms with van der Waals surface area (Å²) in [6.07, 6.45) is 6.65. The van der Waals surface area contributed by atoms with Crippen LogP contribution in [0.25, 0.3) is 0 Å². The molecule has 0 amide bonds. The van der Waals surface area contributed by atoms with Gasteiger partial charge in [-0.2, -0.15) is 0 Å². The molecule has 0 aromatic heterocycles. The molecule has 0 saturated heterocycles. The Kier molecular flexibility index (Phi) is 6.00. The van der Waals surface area contributed by atoms with Gasteiger partial charge in [-0.05, 0) is 43.5 Å². The van der Waals surface area contributed by atoms with Crippen LogP contribution in [0.15, 0.2) is 18.2 Å². The lowest BCUT2D eigenvalue weighted by Gasteiger charge is -2.32. The van der Waals surface area contributed by atoms with Gasteiger partial charge >= 0.3 is 0 Å². The number of nitrogens with zero attached hydrogens (tertiary/aromatic N) is 1. The molecule has 3 nitrogen and oxygen atoms in total. The summed E-state index contributed by atoms with van der Waals surface area (Å²) in [5.74, 6) is 0.713. The molecule has 1 aromatic rings. The van der Waals surface area contributed by atoms with Gasteiger partial charge < -0.3 is 10.5 Å². The first-order valence-corrected chi connectivity index (χ1v) is 7.89. The maximum atomic E-state index is 13.9. The fourth-order valence-corrected chi connectivity index (χ4v) is 3.36. The van der Waals surface area contributed by atoms with E-state index in [4.69, 9.17) is 10.5 Å². The minimum Gasteiger partial charge on any atom is -0.494 e.